The summed E-state index contributed by atoms with van der Waals surface area (Å²) in [5, 5.41) is 10.3. The minimum atomic E-state index is -0.535. The largest absolute Gasteiger partial charge is 0.389 e. The molecular weight excluding hydrogens is 262 g/mol. The minimum absolute atomic E-state index is 0.234. The number of ether oxygens (including phenoxy) is 1. The predicted molar refractivity (Wildman–Crippen MR) is 78.9 cm³/mol. The lowest BCUT2D eigenvalue weighted by Crippen LogP contribution is -2.48. The van der Waals surface area contributed by atoms with Crippen molar-refractivity contribution in [2.75, 3.05) is 18.1 Å². The van der Waals surface area contributed by atoms with Crippen LogP contribution in [0.2, 0.25) is 5.02 Å². The zero-order chi connectivity index (χ0) is 14.0. The number of hydrogen-bond acceptors (Lipinski definition) is 3. The van der Waals surface area contributed by atoms with Gasteiger partial charge in [0.1, 0.15) is 0 Å². The zero-order valence-corrected chi connectivity index (χ0v) is 12.5. The Morgan fingerprint density at radius 2 is 2.26 bits per heavy atom. The minimum Gasteiger partial charge on any atom is -0.389 e. The van der Waals surface area contributed by atoms with E-state index in [9.17, 15) is 5.11 Å². The van der Waals surface area contributed by atoms with Crippen molar-refractivity contribution in [3.05, 3.63) is 28.8 Å². The van der Waals surface area contributed by atoms with E-state index in [4.69, 9.17) is 16.3 Å². The van der Waals surface area contributed by atoms with Crippen LogP contribution >= 0.6 is 11.6 Å². The van der Waals surface area contributed by atoms with Crippen LogP contribution in [-0.4, -0.2) is 30.4 Å². The number of aliphatic hydroxyl groups is 1. The van der Waals surface area contributed by atoms with Crippen LogP contribution in [-0.2, 0) is 4.74 Å². The van der Waals surface area contributed by atoms with Crippen molar-refractivity contribution >= 4 is 17.3 Å². The van der Waals surface area contributed by atoms with Crippen molar-refractivity contribution in [2.24, 2.45) is 0 Å². The molecule has 3 atom stereocenters. The molecule has 0 aliphatic carbocycles. The summed E-state index contributed by atoms with van der Waals surface area (Å²) in [4.78, 5) is 2.35. The highest BCUT2D eigenvalue weighted by Gasteiger charge is 2.26. The normalized spacial score (nSPS) is 25.4. The van der Waals surface area contributed by atoms with Crippen molar-refractivity contribution in [3.8, 4) is 0 Å². The van der Waals surface area contributed by atoms with Crippen LogP contribution < -0.4 is 4.90 Å². The predicted octanol–water partition coefficient (Wildman–Crippen LogP) is 3.40. The second-order valence-electron chi connectivity index (χ2n) is 5.24. The van der Waals surface area contributed by atoms with Crippen LogP contribution in [0.4, 0.5) is 5.69 Å². The summed E-state index contributed by atoms with van der Waals surface area (Å²) in [6, 6.07) is 6.29. The number of hydrogen-bond donors (Lipinski definition) is 1. The number of aliphatic hydroxyl groups excluding tert-OH is 1. The van der Waals surface area contributed by atoms with Crippen LogP contribution in [0.5, 0.6) is 0 Å². The first-order chi connectivity index (χ1) is 9.02. The molecule has 1 fully saturated rings. The lowest BCUT2D eigenvalue weighted by atomic mass is 10.1. The molecule has 4 heteroatoms. The molecule has 1 heterocycles. The van der Waals surface area contributed by atoms with Gasteiger partial charge in [-0.3, -0.25) is 0 Å². The third kappa shape index (κ3) is 3.22. The van der Waals surface area contributed by atoms with Gasteiger partial charge in [0, 0.05) is 17.3 Å². The summed E-state index contributed by atoms with van der Waals surface area (Å²) in [6.07, 6.45) is 0.743. The second-order valence-corrected chi connectivity index (χ2v) is 5.65. The number of morpholine rings is 1. The third-order valence-corrected chi connectivity index (χ3v) is 4.03. The number of halogens is 1. The van der Waals surface area contributed by atoms with Crippen LogP contribution in [0, 0.1) is 0 Å². The molecule has 3 unspecified atom stereocenters. The molecule has 106 valence electrons. The molecule has 1 saturated heterocycles. The van der Waals surface area contributed by atoms with Crippen molar-refractivity contribution in [2.45, 2.75) is 45.4 Å². The molecule has 3 nitrogen and oxygen atoms in total. The van der Waals surface area contributed by atoms with Crippen molar-refractivity contribution in [1.29, 1.82) is 0 Å². The number of rotatable bonds is 3. The molecule has 19 heavy (non-hydrogen) atoms. The number of nitrogens with zero attached hydrogens (tertiary/aromatic N) is 1. The first-order valence-electron chi connectivity index (χ1n) is 6.88. The molecule has 0 saturated carbocycles. The van der Waals surface area contributed by atoms with Crippen LogP contribution in [0.25, 0.3) is 0 Å². The number of anilines is 1. The van der Waals surface area contributed by atoms with Crippen LogP contribution in [0.3, 0.4) is 0 Å². The van der Waals surface area contributed by atoms with Gasteiger partial charge in [-0.1, -0.05) is 24.6 Å². The standard InChI is InChI=1S/C15H22ClNO2/c1-4-12-9-19-10(2)8-17(12)13-5-6-14(11(3)18)15(16)7-13/h5-7,10-12,18H,4,8-9H2,1-3H3. The number of benzene rings is 1. The Kier molecular flexibility index (Phi) is 4.71. The van der Waals surface area contributed by atoms with Gasteiger partial charge in [-0.05, 0) is 38.0 Å². The van der Waals surface area contributed by atoms with Gasteiger partial charge in [0.15, 0.2) is 0 Å². The summed E-state index contributed by atoms with van der Waals surface area (Å²) < 4.78 is 5.71. The Morgan fingerprint density at radius 3 is 2.84 bits per heavy atom. The quantitative estimate of drug-likeness (QED) is 0.923. The van der Waals surface area contributed by atoms with E-state index < -0.39 is 6.10 Å². The van der Waals surface area contributed by atoms with Gasteiger partial charge in [0.25, 0.3) is 0 Å². The third-order valence-electron chi connectivity index (χ3n) is 3.70. The second kappa shape index (κ2) is 6.12. The van der Waals surface area contributed by atoms with E-state index >= 15 is 0 Å². The van der Waals surface area contributed by atoms with Crippen molar-refractivity contribution in [1.82, 2.24) is 0 Å². The van der Waals surface area contributed by atoms with Gasteiger partial charge in [-0.25, -0.2) is 0 Å². The van der Waals surface area contributed by atoms with E-state index in [0.29, 0.717) is 11.1 Å². The van der Waals surface area contributed by atoms with Gasteiger partial charge in [-0.2, -0.15) is 0 Å². The van der Waals surface area contributed by atoms with E-state index in [2.05, 4.69) is 18.7 Å². The van der Waals surface area contributed by atoms with E-state index in [1.54, 1.807) is 6.92 Å². The Balaban J connectivity index is 2.26. The van der Waals surface area contributed by atoms with Crippen molar-refractivity contribution in [3.63, 3.8) is 0 Å². The summed E-state index contributed by atoms with van der Waals surface area (Å²) in [7, 11) is 0. The Morgan fingerprint density at radius 1 is 1.53 bits per heavy atom. The molecule has 1 aliphatic heterocycles. The molecule has 0 amide bonds. The Bertz CT molecular complexity index is 436. The average molecular weight is 284 g/mol. The van der Waals surface area contributed by atoms with E-state index in [1.807, 2.05) is 18.2 Å². The maximum atomic E-state index is 9.63. The van der Waals surface area contributed by atoms with Crippen LogP contribution in [0.15, 0.2) is 18.2 Å². The first-order valence-corrected chi connectivity index (χ1v) is 7.26. The highest BCUT2D eigenvalue weighted by molar-refractivity contribution is 6.31. The summed E-state index contributed by atoms with van der Waals surface area (Å²) in [5.74, 6) is 0. The maximum absolute atomic E-state index is 9.63. The molecule has 0 aromatic heterocycles. The summed E-state index contributed by atoms with van der Waals surface area (Å²) in [5.41, 5.74) is 1.89. The van der Waals surface area contributed by atoms with Crippen molar-refractivity contribution < 1.29 is 9.84 Å². The van der Waals surface area contributed by atoms with Gasteiger partial charge >= 0.3 is 0 Å². The first kappa shape index (κ1) is 14.6. The Labute approximate surface area is 120 Å². The molecule has 0 radical (unpaired) electrons. The van der Waals surface area contributed by atoms with Gasteiger partial charge in [0.05, 0.1) is 24.9 Å². The smallest absolute Gasteiger partial charge is 0.0776 e. The molecule has 2 rings (SSSR count). The molecule has 1 aromatic rings. The van der Waals surface area contributed by atoms with E-state index in [1.165, 1.54) is 0 Å². The molecule has 0 bridgehead atoms. The van der Waals surface area contributed by atoms with Gasteiger partial charge in [0.2, 0.25) is 0 Å². The molecule has 1 aromatic carbocycles. The molecule has 1 N–H and O–H groups in total. The molecule has 0 spiro atoms. The fraction of sp³-hybridized carbons (Fsp3) is 0.600. The van der Waals surface area contributed by atoms with E-state index in [0.717, 1.165) is 30.8 Å². The lowest BCUT2D eigenvalue weighted by molar-refractivity contribution is 0.0299. The zero-order valence-electron chi connectivity index (χ0n) is 11.8. The fourth-order valence-electron chi connectivity index (χ4n) is 2.53. The monoisotopic (exact) mass is 283 g/mol. The van der Waals surface area contributed by atoms with Crippen LogP contribution in [0.1, 0.15) is 38.9 Å². The maximum Gasteiger partial charge on any atom is 0.0776 e. The summed E-state index contributed by atoms with van der Waals surface area (Å²) >= 11 is 6.25. The van der Waals surface area contributed by atoms with Gasteiger partial charge < -0.3 is 14.7 Å². The topological polar surface area (TPSA) is 32.7 Å². The SMILES string of the molecule is CCC1COC(C)CN1c1ccc(C(C)O)c(Cl)c1. The average Bonchev–Trinajstić information content (AvgIpc) is 2.38. The highest BCUT2D eigenvalue weighted by atomic mass is 35.5. The van der Waals surface area contributed by atoms with Gasteiger partial charge in [-0.15, -0.1) is 0 Å². The fourth-order valence-corrected chi connectivity index (χ4v) is 2.86. The lowest BCUT2D eigenvalue weighted by Gasteiger charge is -2.40. The molecule has 1 aliphatic rings. The summed E-state index contributed by atoms with van der Waals surface area (Å²) in [6.45, 7) is 7.62. The Hall–Kier alpha value is -0.770. The van der Waals surface area contributed by atoms with E-state index in [-0.39, 0.29) is 6.10 Å². The molecular formula is C15H22ClNO2. The highest BCUT2D eigenvalue weighted by Crippen LogP contribution is 2.30.